The first-order valence-electron chi connectivity index (χ1n) is 10.9. The molecular formula is C22H23F4N7. The van der Waals surface area contributed by atoms with Crippen molar-refractivity contribution in [3.05, 3.63) is 46.8 Å². The van der Waals surface area contributed by atoms with E-state index in [0.29, 0.717) is 31.7 Å². The lowest BCUT2D eigenvalue weighted by atomic mass is 9.96. The highest BCUT2D eigenvalue weighted by atomic mass is 19.4. The van der Waals surface area contributed by atoms with Crippen LogP contribution in [0.25, 0.3) is 5.52 Å². The second-order valence-corrected chi connectivity index (χ2v) is 8.90. The lowest BCUT2D eigenvalue weighted by molar-refractivity contribution is -0.139. The maximum Gasteiger partial charge on any atom is 0.390 e. The number of hydrogen-bond acceptors (Lipinski definition) is 5. The minimum absolute atomic E-state index is 0.0139. The molecule has 11 heteroatoms. The molecule has 0 N–H and O–H groups in total. The van der Waals surface area contributed by atoms with E-state index in [1.807, 2.05) is 29.5 Å². The van der Waals surface area contributed by atoms with Crippen LogP contribution >= 0.6 is 0 Å². The summed E-state index contributed by atoms with van der Waals surface area (Å²) >= 11 is 0. The Balaban J connectivity index is 1.47. The molecule has 0 amide bonds. The summed E-state index contributed by atoms with van der Waals surface area (Å²) in [6, 6.07) is 5.35. The summed E-state index contributed by atoms with van der Waals surface area (Å²) in [5.41, 5.74) is 4.05. The molecule has 2 aliphatic rings. The van der Waals surface area contributed by atoms with Gasteiger partial charge in [0.1, 0.15) is 17.3 Å². The molecule has 0 radical (unpaired) electrons. The van der Waals surface area contributed by atoms with Crippen molar-refractivity contribution in [3.8, 4) is 6.07 Å². The normalized spacial score (nSPS) is 21.2. The average molecular weight is 461 g/mol. The van der Waals surface area contributed by atoms with Gasteiger partial charge in [0.2, 0.25) is 0 Å². The molecule has 0 saturated heterocycles. The fourth-order valence-corrected chi connectivity index (χ4v) is 5.01. The second-order valence-electron chi connectivity index (χ2n) is 8.90. The van der Waals surface area contributed by atoms with Crippen molar-refractivity contribution in [2.24, 2.45) is 0 Å². The molecule has 7 nitrogen and oxygen atoms in total. The number of fused-ring (bicyclic) bond motifs is 4. The van der Waals surface area contributed by atoms with Gasteiger partial charge in [-0.05, 0) is 32.4 Å². The van der Waals surface area contributed by atoms with Crippen molar-refractivity contribution in [2.75, 3.05) is 18.0 Å². The van der Waals surface area contributed by atoms with Crippen LogP contribution in [0.1, 0.15) is 49.0 Å². The fraction of sp³-hybridized carbons (Fsp3) is 0.500. The van der Waals surface area contributed by atoms with Crippen molar-refractivity contribution >= 4 is 11.2 Å². The monoisotopic (exact) mass is 461 g/mol. The van der Waals surface area contributed by atoms with Gasteiger partial charge in [-0.15, -0.1) is 0 Å². The summed E-state index contributed by atoms with van der Waals surface area (Å²) < 4.78 is 56.1. The Labute approximate surface area is 187 Å². The van der Waals surface area contributed by atoms with Crippen LogP contribution in [0.4, 0.5) is 23.2 Å². The number of pyridine rings is 1. The zero-order chi connectivity index (χ0) is 23.5. The van der Waals surface area contributed by atoms with E-state index in [0.717, 1.165) is 23.1 Å². The maximum absolute atomic E-state index is 14.6. The van der Waals surface area contributed by atoms with Crippen LogP contribution < -0.4 is 4.90 Å². The van der Waals surface area contributed by atoms with Crippen molar-refractivity contribution in [2.45, 2.75) is 58.0 Å². The van der Waals surface area contributed by atoms with Crippen molar-refractivity contribution in [1.82, 2.24) is 24.3 Å². The Hall–Kier alpha value is -3.13. The van der Waals surface area contributed by atoms with E-state index in [9.17, 15) is 22.8 Å². The minimum Gasteiger partial charge on any atom is -0.362 e. The van der Waals surface area contributed by atoms with E-state index in [1.165, 1.54) is 4.52 Å². The molecule has 3 aromatic heterocycles. The Morgan fingerprint density at radius 1 is 1.18 bits per heavy atom. The molecule has 3 aromatic rings. The van der Waals surface area contributed by atoms with Gasteiger partial charge in [0.25, 0.3) is 0 Å². The average Bonchev–Trinajstić information content (AvgIpc) is 3.32. The lowest BCUT2D eigenvalue weighted by Crippen LogP contribution is -2.40. The van der Waals surface area contributed by atoms with E-state index in [4.69, 9.17) is 5.10 Å². The van der Waals surface area contributed by atoms with Crippen LogP contribution in [0.15, 0.2) is 18.3 Å². The van der Waals surface area contributed by atoms with Crippen molar-refractivity contribution in [1.29, 1.82) is 5.26 Å². The van der Waals surface area contributed by atoms with Crippen molar-refractivity contribution < 1.29 is 17.6 Å². The van der Waals surface area contributed by atoms with Gasteiger partial charge in [-0.3, -0.25) is 9.58 Å². The van der Waals surface area contributed by atoms with E-state index >= 15 is 0 Å². The first-order valence-corrected chi connectivity index (χ1v) is 10.9. The summed E-state index contributed by atoms with van der Waals surface area (Å²) in [5.74, 6) is -0.496. The highest BCUT2D eigenvalue weighted by molar-refractivity contribution is 5.75. The summed E-state index contributed by atoms with van der Waals surface area (Å²) in [5, 5.41) is 18.1. The number of rotatable bonds is 3. The van der Waals surface area contributed by atoms with Crippen LogP contribution in [0, 0.1) is 17.1 Å². The molecule has 0 bridgehead atoms. The van der Waals surface area contributed by atoms with Crippen LogP contribution in [-0.4, -0.2) is 49.6 Å². The van der Waals surface area contributed by atoms with Gasteiger partial charge in [-0.25, -0.2) is 8.91 Å². The molecule has 0 fully saturated rings. The zero-order valence-corrected chi connectivity index (χ0v) is 18.3. The molecule has 5 rings (SSSR count). The Bertz CT molecular complexity index is 1250. The number of anilines is 1. The third-order valence-corrected chi connectivity index (χ3v) is 6.65. The van der Waals surface area contributed by atoms with E-state index < -0.39 is 18.4 Å². The van der Waals surface area contributed by atoms with Crippen LogP contribution in [0.5, 0.6) is 0 Å². The Morgan fingerprint density at radius 3 is 2.70 bits per heavy atom. The smallest absolute Gasteiger partial charge is 0.362 e. The first kappa shape index (κ1) is 21.7. The van der Waals surface area contributed by atoms with Gasteiger partial charge in [0.15, 0.2) is 5.82 Å². The van der Waals surface area contributed by atoms with Gasteiger partial charge < -0.3 is 4.90 Å². The molecule has 0 unspecified atom stereocenters. The molecule has 0 aromatic carbocycles. The summed E-state index contributed by atoms with van der Waals surface area (Å²) in [6.45, 7) is 5.38. The lowest BCUT2D eigenvalue weighted by Gasteiger charge is -2.36. The van der Waals surface area contributed by atoms with Crippen molar-refractivity contribution in [3.63, 3.8) is 0 Å². The predicted octanol–water partition coefficient (Wildman–Crippen LogP) is 3.82. The van der Waals surface area contributed by atoms with Gasteiger partial charge >= 0.3 is 6.18 Å². The molecule has 2 atom stereocenters. The quantitative estimate of drug-likeness (QED) is 0.555. The van der Waals surface area contributed by atoms with E-state index in [-0.39, 0.29) is 29.8 Å². The number of nitriles is 1. The number of aromatic nitrogens is 4. The first-order chi connectivity index (χ1) is 15.7. The molecule has 5 heterocycles. The topological polar surface area (TPSA) is 65.4 Å². The zero-order valence-electron chi connectivity index (χ0n) is 18.3. The summed E-state index contributed by atoms with van der Waals surface area (Å²) in [6.07, 6.45) is -3.29. The SMILES string of the molecule is C[C@@H]1CN(c2ccc(C#N)n3ncc(F)c23)Cc2c3c(nn21)CN(CCC(F)(F)F)[C@@H](C)C3. The minimum atomic E-state index is -4.18. The largest absolute Gasteiger partial charge is 0.390 e. The summed E-state index contributed by atoms with van der Waals surface area (Å²) in [7, 11) is 0. The van der Waals surface area contributed by atoms with E-state index in [2.05, 4.69) is 10.00 Å². The highest BCUT2D eigenvalue weighted by Gasteiger charge is 2.36. The second kappa shape index (κ2) is 7.73. The third-order valence-electron chi connectivity index (χ3n) is 6.65. The number of hydrogen-bond donors (Lipinski definition) is 0. The maximum atomic E-state index is 14.6. The van der Waals surface area contributed by atoms with Gasteiger partial charge in [-0.1, -0.05) is 0 Å². The molecular weight excluding hydrogens is 438 g/mol. The molecule has 174 valence electrons. The molecule has 33 heavy (non-hydrogen) atoms. The Kier molecular flexibility index (Phi) is 5.08. The number of halogens is 4. The standard InChI is InChI=1S/C22H23F4N7/c1-13-7-16-18(11-30(13)6-5-22(24,25)26)29-32-14(2)10-31(12-20(16)32)19-4-3-15(8-27)33-21(19)17(23)9-28-33/h3-4,9,13-14H,5-7,10-12H2,1-2H3/t13-,14+/m0/s1. The van der Waals surface area contributed by atoms with Gasteiger partial charge in [0, 0.05) is 31.2 Å². The van der Waals surface area contributed by atoms with Crippen LogP contribution in [0.3, 0.4) is 0 Å². The molecule has 2 aliphatic heterocycles. The number of alkyl halides is 3. The molecule has 0 spiro atoms. The molecule has 0 saturated carbocycles. The highest BCUT2D eigenvalue weighted by Crippen LogP contribution is 2.36. The predicted molar refractivity (Wildman–Crippen MR) is 112 cm³/mol. The van der Waals surface area contributed by atoms with E-state index in [1.54, 1.807) is 12.1 Å². The van der Waals surface area contributed by atoms with Gasteiger partial charge in [0.05, 0.1) is 42.3 Å². The van der Waals surface area contributed by atoms with Gasteiger partial charge in [-0.2, -0.15) is 28.6 Å². The summed E-state index contributed by atoms with van der Waals surface area (Å²) in [4.78, 5) is 3.90. The Morgan fingerprint density at radius 2 is 1.97 bits per heavy atom. The van der Waals surface area contributed by atoms with Crippen LogP contribution in [0.2, 0.25) is 0 Å². The van der Waals surface area contributed by atoms with Crippen LogP contribution in [-0.2, 0) is 19.5 Å². The third kappa shape index (κ3) is 3.72. The number of nitrogens with zero attached hydrogens (tertiary/aromatic N) is 7. The fourth-order valence-electron chi connectivity index (χ4n) is 5.01. The molecule has 0 aliphatic carbocycles.